The number of carbonyl (C=O) groups is 2. The Bertz CT molecular complexity index is 1100. The molecule has 1 saturated heterocycles. The lowest BCUT2D eigenvalue weighted by Crippen LogP contribution is -2.48. The topological polar surface area (TPSA) is 117 Å². The van der Waals surface area contributed by atoms with Gasteiger partial charge in [0.1, 0.15) is 11.8 Å². The van der Waals surface area contributed by atoms with Gasteiger partial charge in [-0.15, -0.1) is 0 Å². The third-order valence-electron chi connectivity index (χ3n) is 5.65. The fourth-order valence-electron chi connectivity index (χ4n) is 3.77. The molecule has 184 valence electrons. The second-order valence-corrected chi connectivity index (χ2v) is 10.4. The number of rotatable bonds is 8. The third-order valence-corrected chi connectivity index (χ3v) is 7.54. The zero-order chi connectivity index (χ0) is 24.7. The largest absolute Gasteiger partial charge is 0.495 e. The molecule has 3 N–H and O–H groups in total. The molecule has 0 radical (unpaired) electrons. The molecule has 0 aliphatic carbocycles. The Labute approximate surface area is 200 Å². The molecular formula is C24H32N4O5S. The van der Waals surface area contributed by atoms with E-state index in [2.05, 4.69) is 16.0 Å². The minimum atomic E-state index is -3.69. The molecule has 1 heterocycles. The van der Waals surface area contributed by atoms with Crippen LogP contribution in [0.4, 0.5) is 16.2 Å². The standard InChI is InChI=1S/C24H32N4O5S/c1-17(2)22(27-24(30)25-18-10-6-4-7-11-18)23(29)26-20-16-19(12-13-21(20)33-3)34(31,32)28-14-8-5-9-15-28/h4,6-7,10-13,16-17,22H,5,8-9,14-15H2,1-3H3,(H,26,29)(H2,25,27,30). The summed E-state index contributed by atoms with van der Waals surface area (Å²) in [6.45, 7) is 4.57. The molecule has 2 aromatic carbocycles. The number of amides is 3. The lowest BCUT2D eigenvalue weighted by atomic mass is 10.0. The third kappa shape index (κ3) is 6.27. The van der Waals surface area contributed by atoms with Gasteiger partial charge >= 0.3 is 6.03 Å². The average Bonchev–Trinajstić information content (AvgIpc) is 2.83. The summed E-state index contributed by atoms with van der Waals surface area (Å²) >= 11 is 0. The van der Waals surface area contributed by atoms with Crippen molar-refractivity contribution < 1.29 is 22.7 Å². The van der Waals surface area contributed by atoms with Crippen molar-refractivity contribution in [1.29, 1.82) is 0 Å². The van der Waals surface area contributed by atoms with E-state index < -0.39 is 28.0 Å². The summed E-state index contributed by atoms with van der Waals surface area (Å²) in [5, 5.41) is 8.12. The van der Waals surface area contributed by atoms with Crippen LogP contribution < -0.4 is 20.7 Å². The van der Waals surface area contributed by atoms with Gasteiger partial charge < -0.3 is 20.7 Å². The van der Waals surface area contributed by atoms with Crippen LogP contribution in [0.2, 0.25) is 0 Å². The Morgan fingerprint density at radius 3 is 2.26 bits per heavy atom. The lowest BCUT2D eigenvalue weighted by Gasteiger charge is -2.26. The zero-order valence-corrected chi connectivity index (χ0v) is 20.5. The number of urea groups is 1. The van der Waals surface area contributed by atoms with E-state index in [0.717, 1.165) is 19.3 Å². The van der Waals surface area contributed by atoms with Crippen molar-refractivity contribution >= 4 is 33.3 Å². The maximum absolute atomic E-state index is 13.1. The van der Waals surface area contributed by atoms with Gasteiger partial charge in [0, 0.05) is 18.8 Å². The lowest BCUT2D eigenvalue weighted by molar-refractivity contribution is -0.118. The van der Waals surface area contributed by atoms with Crippen LogP contribution in [0.1, 0.15) is 33.1 Å². The maximum atomic E-state index is 13.1. The van der Waals surface area contributed by atoms with Gasteiger partial charge in [-0.1, -0.05) is 38.5 Å². The number of carbonyl (C=O) groups excluding carboxylic acids is 2. The van der Waals surface area contributed by atoms with Crippen LogP contribution in [-0.4, -0.2) is 50.9 Å². The highest BCUT2D eigenvalue weighted by Gasteiger charge is 2.29. The highest BCUT2D eigenvalue weighted by Crippen LogP contribution is 2.30. The summed E-state index contributed by atoms with van der Waals surface area (Å²) in [7, 11) is -2.25. The number of benzene rings is 2. The molecule has 1 fully saturated rings. The average molecular weight is 489 g/mol. The molecule has 1 unspecified atom stereocenters. The van der Waals surface area contributed by atoms with Gasteiger partial charge in [0.05, 0.1) is 17.7 Å². The molecule has 9 nitrogen and oxygen atoms in total. The number of para-hydroxylation sites is 1. The van der Waals surface area contributed by atoms with Crippen LogP contribution in [0.3, 0.4) is 0 Å². The Morgan fingerprint density at radius 2 is 1.65 bits per heavy atom. The first kappa shape index (κ1) is 25.5. The van der Waals surface area contributed by atoms with Crippen LogP contribution in [0, 0.1) is 5.92 Å². The number of nitrogens with zero attached hydrogens (tertiary/aromatic N) is 1. The second kappa shape index (κ2) is 11.3. The number of hydrogen-bond acceptors (Lipinski definition) is 5. The van der Waals surface area contributed by atoms with E-state index >= 15 is 0 Å². The Balaban J connectivity index is 1.78. The fraction of sp³-hybridized carbons (Fsp3) is 0.417. The summed E-state index contributed by atoms with van der Waals surface area (Å²) in [4.78, 5) is 25.6. The van der Waals surface area contributed by atoms with Crippen molar-refractivity contribution in [3.05, 3.63) is 48.5 Å². The number of hydrogen-bond donors (Lipinski definition) is 3. The van der Waals surface area contributed by atoms with Gasteiger partial charge in [-0.25, -0.2) is 13.2 Å². The number of piperidine rings is 1. The van der Waals surface area contributed by atoms with E-state index in [1.165, 1.54) is 29.6 Å². The van der Waals surface area contributed by atoms with E-state index in [-0.39, 0.29) is 16.5 Å². The summed E-state index contributed by atoms with van der Waals surface area (Å²) in [6.07, 6.45) is 2.66. The van der Waals surface area contributed by atoms with Crippen LogP contribution in [-0.2, 0) is 14.8 Å². The first-order valence-electron chi connectivity index (χ1n) is 11.3. The van der Waals surface area contributed by atoms with Crippen LogP contribution in [0.15, 0.2) is 53.4 Å². The highest BCUT2D eigenvalue weighted by molar-refractivity contribution is 7.89. The SMILES string of the molecule is COc1ccc(S(=O)(=O)N2CCCCC2)cc1NC(=O)C(NC(=O)Nc1ccccc1)C(C)C. The normalized spacial score (nSPS) is 15.4. The van der Waals surface area contributed by atoms with E-state index in [9.17, 15) is 18.0 Å². The van der Waals surface area contributed by atoms with Gasteiger partial charge in [-0.2, -0.15) is 4.31 Å². The summed E-state index contributed by atoms with van der Waals surface area (Å²) in [5.74, 6) is -0.390. The van der Waals surface area contributed by atoms with Gasteiger partial charge in [-0.3, -0.25) is 4.79 Å². The molecule has 0 bridgehead atoms. The molecule has 1 aliphatic heterocycles. The first-order chi connectivity index (χ1) is 16.2. The first-order valence-corrected chi connectivity index (χ1v) is 12.8. The quantitative estimate of drug-likeness (QED) is 0.524. The van der Waals surface area contributed by atoms with Gasteiger partial charge in [0.15, 0.2) is 0 Å². The predicted octanol–water partition coefficient (Wildman–Crippen LogP) is 3.65. The fourth-order valence-corrected chi connectivity index (χ4v) is 5.32. The number of sulfonamides is 1. The van der Waals surface area contributed by atoms with Crippen molar-refractivity contribution in [3.8, 4) is 5.75 Å². The van der Waals surface area contributed by atoms with Gasteiger partial charge in [-0.05, 0) is 49.1 Å². The van der Waals surface area contributed by atoms with Crippen molar-refractivity contribution in [2.24, 2.45) is 5.92 Å². The Kier molecular flexibility index (Phi) is 8.51. The summed E-state index contributed by atoms with van der Waals surface area (Å²) < 4.78 is 33.0. The predicted molar refractivity (Wildman–Crippen MR) is 131 cm³/mol. The molecule has 0 aromatic heterocycles. The van der Waals surface area contributed by atoms with E-state index in [1.54, 1.807) is 24.3 Å². The summed E-state index contributed by atoms with van der Waals surface area (Å²) in [5.41, 5.74) is 0.821. The maximum Gasteiger partial charge on any atom is 0.319 e. The van der Waals surface area contributed by atoms with Crippen LogP contribution >= 0.6 is 0 Å². The summed E-state index contributed by atoms with van der Waals surface area (Å²) in [6, 6.07) is 11.9. The molecule has 0 saturated carbocycles. The van der Waals surface area contributed by atoms with Crippen molar-refractivity contribution in [3.63, 3.8) is 0 Å². The molecule has 2 aromatic rings. The monoisotopic (exact) mass is 488 g/mol. The van der Waals surface area contributed by atoms with Crippen molar-refractivity contribution in [1.82, 2.24) is 9.62 Å². The smallest absolute Gasteiger partial charge is 0.319 e. The van der Waals surface area contributed by atoms with E-state index in [4.69, 9.17) is 4.74 Å². The van der Waals surface area contributed by atoms with Crippen molar-refractivity contribution in [2.45, 2.75) is 44.0 Å². The Morgan fingerprint density at radius 1 is 0.971 bits per heavy atom. The molecule has 3 rings (SSSR count). The molecular weight excluding hydrogens is 456 g/mol. The molecule has 1 aliphatic rings. The molecule has 10 heteroatoms. The minimum Gasteiger partial charge on any atom is -0.495 e. The Hall–Kier alpha value is -3.11. The van der Waals surface area contributed by atoms with E-state index in [1.807, 2.05) is 19.9 Å². The second-order valence-electron chi connectivity index (χ2n) is 8.50. The van der Waals surface area contributed by atoms with Crippen LogP contribution in [0.25, 0.3) is 0 Å². The molecule has 3 amide bonds. The molecule has 0 spiro atoms. The van der Waals surface area contributed by atoms with Crippen molar-refractivity contribution in [2.75, 3.05) is 30.8 Å². The van der Waals surface area contributed by atoms with Gasteiger partial charge in [0.2, 0.25) is 15.9 Å². The molecule has 34 heavy (non-hydrogen) atoms. The highest BCUT2D eigenvalue weighted by atomic mass is 32.2. The van der Waals surface area contributed by atoms with E-state index in [0.29, 0.717) is 24.5 Å². The number of nitrogens with one attached hydrogen (secondary N) is 3. The van der Waals surface area contributed by atoms with Crippen LogP contribution in [0.5, 0.6) is 5.75 Å². The molecule has 1 atom stereocenters. The number of methoxy groups -OCH3 is 1. The number of ether oxygens (including phenoxy) is 1. The zero-order valence-electron chi connectivity index (χ0n) is 19.7. The minimum absolute atomic E-state index is 0.0846. The van der Waals surface area contributed by atoms with Gasteiger partial charge in [0.25, 0.3) is 0 Å². The number of anilines is 2.